The fourth-order valence-corrected chi connectivity index (χ4v) is 6.94. The van der Waals surface area contributed by atoms with Gasteiger partial charge in [-0.25, -0.2) is 0 Å². The first-order chi connectivity index (χ1) is 17.5. The maximum absolute atomic E-state index is 13.8. The molecule has 0 saturated carbocycles. The number of carbonyl (C=O) groups excluding carboxylic acids is 3. The number of nitrogens with one attached hydrogen (secondary N) is 2. The number of benzene rings is 2. The zero-order valence-corrected chi connectivity index (χ0v) is 21.4. The zero-order valence-electron chi connectivity index (χ0n) is 19.8. The fourth-order valence-electron chi connectivity index (χ4n) is 6.00. The molecule has 3 amide bonds. The second-order valence-electron chi connectivity index (χ2n) is 9.68. The molecule has 1 spiro atoms. The molecule has 0 aliphatic carbocycles. The summed E-state index contributed by atoms with van der Waals surface area (Å²) in [6.07, 6.45) is 0.290. The van der Waals surface area contributed by atoms with Crippen molar-refractivity contribution in [1.29, 1.82) is 0 Å². The van der Waals surface area contributed by atoms with Gasteiger partial charge in [0.2, 0.25) is 17.7 Å². The highest BCUT2D eigenvalue weighted by atomic mass is 79.9. The van der Waals surface area contributed by atoms with E-state index in [1.807, 2.05) is 60.7 Å². The minimum absolute atomic E-state index is 0.106. The van der Waals surface area contributed by atoms with Gasteiger partial charge < -0.3 is 25.4 Å². The second-order valence-corrected chi connectivity index (χ2v) is 10.9. The van der Waals surface area contributed by atoms with Crippen LogP contribution in [0.1, 0.15) is 24.0 Å². The molecule has 9 heteroatoms. The summed E-state index contributed by atoms with van der Waals surface area (Å²) in [5.41, 5.74) is 0.806. The lowest BCUT2D eigenvalue weighted by atomic mass is 9.70. The normalized spacial score (nSPS) is 30.3. The molecule has 8 nitrogen and oxygen atoms in total. The monoisotopic (exact) mass is 555 g/mol. The Labute approximate surface area is 218 Å². The van der Waals surface area contributed by atoms with Gasteiger partial charge in [-0.05, 0) is 24.0 Å². The van der Waals surface area contributed by atoms with Crippen LogP contribution in [0.15, 0.2) is 60.7 Å². The Morgan fingerprint density at radius 2 is 1.58 bits per heavy atom. The third kappa shape index (κ3) is 4.33. The number of amides is 3. The lowest BCUT2D eigenvalue weighted by molar-refractivity contribution is -0.142. The van der Waals surface area contributed by atoms with Crippen LogP contribution in [0, 0.1) is 11.8 Å². The van der Waals surface area contributed by atoms with Gasteiger partial charge in [0, 0.05) is 31.1 Å². The van der Waals surface area contributed by atoms with Crippen LogP contribution in [0.5, 0.6) is 0 Å². The lowest BCUT2D eigenvalue weighted by Gasteiger charge is -2.34. The first-order valence-corrected chi connectivity index (χ1v) is 13.2. The summed E-state index contributed by atoms with van der Waals surface area (Å²) in [6, 6.07) is 18.3. The van der Waals surface area contributed by atoms with Crippen molar-refractivity contribution in [3.8, 4) is 0 Å². The van der Waals surface area contributed by atoms with Crippen LogP contribution >= 0.6 is 15.9 Å². The van der Waals surface area contributed by atoms with Crippen LogP contribution in [0.3, 0.4) is 0 Å². The van der Waals surface area contributed by atoms with Crippen LogP contribution in [-0.2, 0) is 32.2 Å². The maximum atomic E-state index is 13.8. The van der Waals surface area contributed by atoms with E-state index < -0.39 is 29.6 Å². The highest BCUT2D eigenvalue weighted by Crippen LogP contribution is 2.60. The number of likely N-dealkylation sites (tertiary alicyclic amines) is 1. The molecule has 36 heavy (non-hydrogen) atoms. The molecule has 6 atom stereocenters. The van der Waals surface area contributed by atoms with Gasteiger partial charge in [0.1, 0.15) is 11.6 Å². The number of fused-ring (bicyclic) bond motifs is 1. The van der Waals surface area contributed by atoms with Crippen molar-refractivity contribution in [2.24, 2.45) is 11.8 Å². The molecule has 3 saturated heterocycles. The molecule has 3 heterocycles. The number of halogens is 1. The summed E-state index contributed by atoms with van der Waals surface area (Å²) in [4.78, 5) is 42.1. The van der Waals surface area contributed by atoms with Crippen LogP contribution in [-0.4, -0.2) is 63.5 Å². The molecule has 2 bridgehead atoms. The third-order valence-electron chi connectivity index (χ3n) is 7.52. The van der Waals surface area contributed by atoms with Gasteiger partial charge in [-0.3, -0.25) is 14.4 Å². The first-order valence-electron chi connectivity index (χ1n) is 12.3. The molecule has 3 fully saturated rings. The van der Waals surface area contributed by atoms with E-state index in [0.29, 0.717) is 25.9 Å². The van der Waals surface area contributed by atoms with Crippen LogP contribution in [0.2, 0.25) is 0 Å². The van der Waals surface area contributed by atoms with E-state index in [2.05, 4.69) is 26.6 Å². The van der Waals surface area contributed by atoms with E-state index in [9.17, 15) is 19.5 Å². The molecule has 2 aromatic rings. The van der Waals surface area contributed by atoms with Crippen LogP contribution in [0.25, 0.3) is 0 Å². The van der Waals surface area contributed by atoms with E-state index in [1.54, 1.807) is 0 Å². The number of nitrogens with zero attached hydrogens (tertiary/aromatic N) is 1. The number of carbonyl (C=O) groups is 3. The molecule has 190 valence electrons. The molecule has 3 N–H and O–H groups in total. The number of alkyl halides is 1. The fraction of sp³-hybridized carbons (Fsp3) is 0.444. The Hall–Kier alpha value is -2.75. The lowest BCUT2D eigenvalue weighted by Crippen LogP contribution is -2.56. The van der Waals surface area contributed by atoms with Crippen molar-refractivity contribution < 1.29 is 24.2 Å². The van der Waals surface area contributed by atoms with Gasteiger partial charge in [-0.2, -0.15) is 0 Å². The van der Waals surface area contributed by atoms with E-state index in [1.165, 1.54) is 4.90 Å². The van der Waals surface area contributed by atoms with Gasteiger partial charge in [0.05, 0.1) is 17.9 Å². The Bertz CT molecular complexity index is 1120. The molecule has 2 aromatic carbocycles. The quantitative estimate of drug-likeness (QED) is 0.408. The summed E-state index contributed by atoms with van der Waals surface area (Å²) in [5.74, 6) is -2.27. The summed E-state index contributed by atoms with van der Waals surface area (Å²) in [5, 5.41) is 15.4. The molecule has 3 aliphatic rings. The number of rotatable bonds is 9. The van der Waals surface area contributed by atoms with Crippen molar-refractivity contribution in [3.63, 3.8) is 0 Å². The van der Waals surface area contributed by atoms with Gasteiger partial charge in [0.15, 0.2) is 0 Å². The largest absolute Gasteiger partial charge is 0.396 e. The minimum atomic E-state index is -1.10. The summed E-state index contributed by atoms with van der Waals surface area (Å²) in [6.45, 7) is 0.780. The standard InChI is InChI=1S/C27H30BrN3O5/c28-19-14-27-21(20(22(19)36-27)24(33)29-15-17-8-3-1-4-9-17)26(35)31(12-7-13-32)23(27)25(34)30-16-18-10-5-2-6-11-18/h1-6,8-11,19-23,32H,7,12-16H2,(H,29,33)(H,30,34)/t19?,20-,21+,22-,23?,27?/m1/s1. The van der Waals surface area contributed by atoms with Gasteiger partial charge in [-0.15, -0.1) is 0 Å². The minimum Gasteiger partial charge on any atom is -0.396 e. The molecular formula is C27H30BrN3O5. The maximum Gasteiger partial charge on any atom is 0.246 e. The SMILES string of the molecule is O=C(NCc1ccccc1)C1N(CCCO)C(=O)[C@@H]2[C@@H](C(=O)NCc3ccccc3)[C@@H]3OC12CC3Br. The number of ether oxygens (including phenoxy) is 1. The van der Waals surface area contributed by atoms with Crippen molar-refractivity contribution in [2.75, 3.05) is 13.2 Å². The van der Waals surface area contributed by atoms with Gasteiger partial charge in [0.25, 0.3) is 0 Å². The van der Waals surface area contributed by atoms with Gasteiger partial charge in [-0.1, -0.05) is 76.6 Å². The van der Waals surface area contributed by atoms with Crippen LogP contribution < -0.4 is 10.6 Å². The summed E-state index contributed by atoms with van der Waals surface area (Å²) in [7, 11) is 0. The highest BCUT2D eigenvalue weighted by molar-refractivity contribution is 9.09. The molecular weight excluding hydrogens is 526 g/mol. The Morgan fingerprint density at radius 3 is 2.17 bits per heavy atom. The predicted octanol–water partition coefficient (Wildman–Crippen LogP) is 1.75. The molecule has 0 aromatic heterocycles. The number of hydrogen-bond donors (Lipinski definition) is 3. The van der Waals surface area contributed by atoms with Gasteiger partial charge >= 0.3 is 0 Å². The predicted molar refractivity (Wildman–Crippen MR) is 136 cm³/mol. The highest BCUT2D eigenvalue weighted by Gasteiger charge is 2.76. The smallest absolute Gasteiger partial charge is 0.246 e. The van der Waals surface area contributed by atoms with Crippen molar-refractivity contribution in [1.82, 2.24) is 15.5 Å². The Kier molecular flexibility index (Phi) is 7.14. The number of hydrogen-bond acceptors (Lipinski definition) is 5. The summed E-state index contributed by atoms with van der Waals surface area (Å²) >= 11 is 3.67. The van der Waals surface area contributed by atoms with E-state index in [-0.39, 0.29) is 35.7 Å². The topological polar surface area (TPSA) is 108 Å². The van der Waals surface area contributed by atoms with Crippen molar-refractivity contribution in [3.05, 3.63) is 71.8 Å². The first kappa shape index (κ1) is 24.9. The number of aliphatic hydroxyl groups is 1. The van der Waals surface area contributed by atoms with Crippen molar-refractivity contribution >= 4 is 33.7 Å². The second kappa shape index (κ2) is 10.3. The van der Waals surface area contributed by atoms with E-state index in [0.717, 1.165) is 11.1 Å². The zero-order chi connectivity index (χ0) is 25.3. The Morgan fingerprint density at radius 1 is 1.00 bits per heavy atom. The average Bonchev–Trinajstić information content (AvgIpc) is 3.49. The van der Waals surface area contributed by atoms with E-state index in [4.69, 9.17) is 4.74 Å². The molecule has 0 radical (unpaired) electrons. The summed E-state index contributed by atoms with van der Waals surface area (Å²) < 4.78 is 6.45. The number of aliphatic hydroxyl groups excluding tert-OH is 1. The molecule has 3 aliphatic heterocycles. The van der Waals surface area contributed by atoms with Crippen molar-refractivity contribution in [2.45, 2.75) is 48.5 Å². The average molecular weight is 556 g/mol. The third-order valence-corrected chi connectivity index (χ3v) is 8.36. The molecule has 5 rings (SSSR count). The van der Waals surface area contributed by atoms with Crippen LogP contribution in [0.4, 0.5) is 0 Å². The van der Waals surface area contributed by atoms with E-state index >= 15 is 0 Å². The molecule has 3 unspecified atom stereocenters. The Balaban J connectivity index is 1.40.